The minimum atomic E-state index is -0.650. The number of hydrogen-bond donors (Lipinski definition) is 1. The molecule has 1 aliphatic rings. The van der Waals surface area contributed by atoms with Crippen molar-refractivity contribution in [2.45, 2.75) is 18.9 Å². The number of hydrogen-bond acceptors (Lipinski definition) is 3. The fraction of sp³-hybridized carbons (Fsp3) is 0.429. The maximum absolute atomic E-state index is 13.4. The maximum Gasteiger partial charge on any atom is 0.255 e. The van der Waals surface area contributed by atoms with E-state index in [1.54, 1.807) is 0 Å². The topological polar surface area (TPSA) is 51.2 Å². The molecule has 0 spiro atoms. The second-order valence-corrected chi connectivity index (χ2v) is 4.42. The molecule has 1 aromatic rings. The fourth-order valence-electron chi connectivity index (χ4n) is 2.12. The second-order valence-electron chi connectivity index (χ2n) is 4.42. The van der Waals surface area contributed by atoms with Gasteiger partial charge in [0.25, 0.3) is 5.91 Å². The number of rotatable bonds is 3. The summed E-state index contributed by atoms with van der Waals surface area (Å²) in [4.78, 5) is 15.6. The lowest BCUT2D eigenvalue weighted by Crippen LogP contribution is -2.41. The number of amides is 1. The van der Waals surface area contributed by atoms with E-state index < -0.39 is 17.8 Å². The van der Waals surface area contributed by atoms with E-state index in [4.69, 9.17) is 11.2 Å². The zero-order valence-electron chi connectivity index (χ0n) is 10.4. The lowest BCUT2D eigenvalue weighted by Gasteiger charge is -2.27. The number of carbonyl (C=O) groups excluding carboxylic acids is 1. The SMILES string of the molecule is C#C[C@@H](NC(=O)c1ccncc1F)C1CCOCC1. The summed E-state index contributed by atoms with van der Waals surface area (Å²) in [6.45, 7) is 1.28. The van der Waals surface area contributed by atoms with Crippen LogP contribution in [0, 0.1) is 24.1 Å². The lowest BCUT2D eigenvalue weighted by atomic mass is 9.92. The molecule has 0 aromatic carbocycles. The number of halogens is 1. The van der Waals surface area contributed by atoms with Gasteiger partial charge in [-0.15, -0.1) is 6.42 Å². The van der Waals surface area contributed by atoms with E-state index in [0.29, 0.717) is 13.2 Å². The zero-order valence-corrected chi connectivity index (χ0v) is 10.4. The minimum absolute atomic E-state index is 0.0395. The van der Waals surface area contributed by atoms with Crippen molar-refractivity contribution < 1.29 is 13.9 Å². The predicted molar refractivity (Wildman–Crippen MR) is 67.8 cm³/mol. The molecule has 0 radical (unpaired) electrons. The molecule has 1 aromatic heterocycles. The van der Waals surface area contributed by atoms with E-state index in [-0.39, 0.29) is 11.5 Å². The summed E-state index contributed by atoms with van der Waals surface area (Å²) in [5, 5.41) is 2.70. The van der Waals surface area contributed by atoms with Crippen LogP contribution < -0.4 is 5.32 Å². The normalized spacial score (nSPS) is 17.5. The first kappa shape index (κ1) is 13.5. The molecular weight excluding hydrogens is 247 g/mol. The van der Waals surface area contributed by atoms with E-state index in [1.165, 1.54) is 12.3 Å². The van der Waals surface area contributed by atoms with E-state index in [2.05, 4.69) is 16.2 Å². The molecule has 1 N–H and O–H groups in total. The molecule has 100 valence electrons. The van der Waals surface area contributed by atoms with Gasteiger partial charge < -0.3 is 10.1 Å². The van der Waals surface area contributed by atoms with E-state index in [9.17, 15) is 9.18 Å². The molecule has 2 heterocycles. The summed E-state index contributed by atoms with van der Waals surface area (Å²) in [5.41, 5.74) is -0.0395. The van der Waals surface area contributed by atoms with Crippen LogP contribution in [0.5, 0.6) is 0 Å². The first-order chi connectivity index (χ1) is 9.22. The molecule has 4 nitrogen and oxygen atoms in total. The number of carbonyl (C=O) groups is 1. The number of nitrogens with one attached hydrogen (secondary N) is 1. The van der Waals surface area contributed by atoms with Gasteiger partial charge in [0, 0.05) is 19.4 Å². The number of aromatic nitrogens is 1. The van der Waals surface area contributed by atoms with Crippen LogP contribution in [-0.4, -0.2) is 30.1 Å². The van der Waals surface area contributed by atoms with Gasteiger partial charge in [0.15, 0.2) is 5.82 Å². The quantitative estimate of drug-likeness (QED) is 0.837. The van der Waals surface area contributed by atoms with Gasteiger partial charge in [-0.05, 0) is 24.8 Å². The Morgan fingerprint density at radius 2 is 2.32 bits per heavy atom. The molecule has 0 saturated carbocycles. The molecule has 19 heavy (non-hydrogen) atoms. The Bertz CT molecular complexity index is 492. The molecule has 1 atom stereocenters. The van der Waals surface area contributed by atoms with Gasteiger partial charge in [0.1, 0.15) is 0 Å². The van der Waals surface area contributed by atoms with Gasteiger partial charge in [-0.25, -0.2) is 4.39 Å². The first-order valence-corrected chi connectivity index (χ1v) is 6.16. The van der Waals surface area contributed by atoms with Crippen molar-refractivity contribution in [1.29, 1.82) is 0 Å². The van der Waals surface area contributed by atoms with Crippen LogP contribution in [0.3, 0.4) is 0 Å². The van der Waals surface area contributed by atoms with Gasteiger partial charge in [0.05, 0.1) is 17.8 Å². The predicted octanol–water partition coefficient (Wildman–Crippen LogP) is 1.38. The van der Waals surface area contributed by atoms with Gasteiger partial charge >= 0.3 is 0 Å². The van der Waals surface area contributed by atoms with E-state index >= 15 is 0 Å². The Morgan fingerprint density at radius 1 is 1.58 bits per heavy atom. The highest BCUT2D eigenvalue weighted by Crippen LogP contribution is 2.19. The highest BCUT2D eigenvalue weighted by Gasteiger charge is 2.25. The maximum atomic E-state index is 13.4. The van der Waals surface area contributed by atoms with Crippen LogP contribution in [0.1, 0.15) is 23.2 Å². The van der Waals surface area contributed by atoms with Crippen molar-refractivity contribution in [2.24, 2.45) is 5.92 Å². The van der Waals surface area contributed by atoms with Crippen molar-refractivity contribution in [3.8, 4) is 12.3 Å². The molecular formula is C14H15FN2O2. The van der Waals surface area contributed by atoms with Crippen LogP contribution in [0.2, 0.25) is 0 Å². The van der Waals surface area contributed by atoms with Crippen molar-refractivity contribution in [3.05, 3.63) is 29.8 Å². The van der Waals surface area contributed by atoms with Crippen LogP contribution >= 0.6 is 0 Å². The fourth-order valence-corrected chi connectivity index (χ4v) is 2.12. The second kappa shape index (κ2) is 6.30. The summed E-state index contributed by atoms with van der Waals surface area (Å²) in [6.07, 6.45) is 9.44. The minimum Gasteiger partial charge on any atom is -0.381 e. The number of nitrogens with zero attached hydrogens (tertiary/aromatic N) is 1. The van der Waals surface area contributed by atoms with Crippen LogP contribution in [0.25, 0.3) is 0 Å². The molecule has 5 heteroatoms. The molecule has 0 bridgehead atoms. The average Bonchev–Trinajstić information content (AvgIpc) is 2.46. The molecule has 2 rings (SSSR count). The molecule has 1 aliphatic heterocycles. The highest BCUT2D eigenvalue weighted by molar-refractivity contribution is 5.94. The highest BCUT2D eigenvalue weighted by atomic mass is 19.1. The van der Waals surface area contributed by atoms with Crippen molar-refractivity contribution in [2.75, 3.05) is 13.2 Å². The van der Waals surface area contributed by atoms with E-state index in [1.807, 2.05) is 0 Å². The molecule has 1 fully saturated rings. The van der Waals surface area contributed by atoms with Crippen LogP contribution in [0.4, 0.5) is 4.39 Å². The number of terminal acetylenes is 1. The monoisotopic (exact) mass is 262 g/mol. The Hall–Kier alpha value is -1.93. The summed E-state index contributed by atoms with van der Waals surface area (Å²) < 4.78 is 18.7. The number of pyridine rings is 1. The lowest BCUT2D eigenvalue weighted by molar-refractivity contribution is 0.0579. The third-order valence-electron chi connectivity index (χ3n) is 3.22. The molecule has 0 unspecified atom stereocenters. The third-order valence-corrected chi connectivity index (χ3v) is 3.22. The Morgan fingerprint density at radius 3 is 2.95 bits per heavy atom. The van der Waals surface area contributed by atoms with Crippen molar-refractivity contribution >= 4 is 5.91 Å². The summed E-state index contributed by atoms with van der Waals surface area (Å²) in [6, 6.07) is 0.936. The zero-order chi connectivity index (χ0) is 13.7. The summed E-state index contributed by atoms with van der Waals surface area (Å²) >= 11 is 0. The standard InChI is InChI=1S/C14H15FN2O2/c1-2-13(10-4-7-19-8-5-10)17-14(18)11-3-6-16-9-12(11)15/h1,3,6,9-10,13H,4-5,7-8H2,(H,17,18)/t13-/m1/s1. The van der Waals surface area contributed by atoms with Gasteiger partial charge in [-0.3, -0.25) is 9.78 Å². The van der Waals surface area contributed by atoms with Crippen molar-refractivity contribution in [1.82, 2.24) is 10.3 Å². The summed E-state index contributed by atoms with van der Waals surface area (Å²) in [7, 11) is 0. The largest absolute Gasteiger partial charge is 0.381 e. The third kappa shape index (κ3) is 3.30. The molecule has 0 aliphatic carbocycles. The molecule has 1 saturated heterocycles. The molecule has 1 amide bonds. The van der Waals surface area contributed by atoms with Crippen LogP contribution in [0.15, 0.2) is 18.5 Å². The van der Waals surface area contributed by atoms with Crippen LogP contribution in [-0.2, 0) is 4.74 Å². The Labute approximate surface area is 111 Å². The average molecular weight is 262 g/mol. The first-order valence-electron chi connectivity index (χ1n) is 6.16. The van der Waals surface area contributed by atoms with E-state index in [0.717, 1.165) is 19.0 Å². The Kier molecular flexibility index (Phi) is 4.48. The Balaban J connectivity index is 2.04. The van der Waals surface area contributed by atoms with Gasteiger partial charge in [-0.2, -0.15) is 0 Å². The summed E-state index contributed by atoms with van der Waals surface area (Å²) in [5.74, 6) is 1.58. The van der Waals surface area contributed by atoms with Gasteiger partial charge in [-0.1, -0.05) is 5.92 Å². The smallest absolute Gasteiger partial charge is 0.255 e. The van der Waals surface area contributed by atoms with Crippen molar-refractivity contribution in [3.63, 3.8) is 0 Å². The number of ether oxygens (including phenoxy) is 1. The van der Waals surface area contributed by atoms with Gasteiger partial charge in [0.2, 0.25) is 0 Å².